The van der Waals surface area contributed by atoms with Crippen LogP contribution in [0.25, 0.3) is 0 Å². The van der Waals surface area contributed by atoms with E-state index >= 15 is 0 Å². The molecule has 1 aliphatic rings. The monoisotopic (exact) mass is 328 g/mol. The van der Waals surface area contributed by atoms with Crippen molar-refractivity contribution in [2.45, 2.75) is 18.7 Å². The van der Waals surface area contributed by atoms with Crippen molar-refractivity contribution in [1.29, 1.82) is 5.26 Å². The van der Waals surface area contributed by atoms with E-state index in [0.717, 1.165) is 23.3 Å². The van der Waals surface area contributed by atoms with Crippen LogP contribution in [-0.4, -0.2) is 8.42 Å². The second-order valence-electron chi connectivity index (χ2n) is 5.38. The average molecular weight is 328 g/mol. The van der Waals surface area contributed by atoms with E-state index in [2.05, 4.69) is 0 Å². The van der Waals surface area contributed by atoms with Crippen molar-refractivity contribution < 1.29 is 12.8 Å². The summed E-state index contributed by atoms with van der Waals surface area (Å²) in [5.74, 6) is -0.539. The molecule has 1 heterocycles. The maximum atomic E-state index is 13.7. The van der Waals surface area contributed by atoms with Crippen LogP contribution in [0.3, 0.4) is 0 Å². The van der Waals surface area contributed by atoms with Crippen molar-refractivity contribution in [2.24, 2.45) is 0 Å². The lowest BCUT2D eigenvalue weighted by Crippen LogP contribution is -2.22. The van der Waals surface area contributed by atoms with Gasteiger partial charge in [-0.05, 0) is 43.7 Å². The molecule has 0 aliphatic carbocycles. The number of fused-ring (bicyclic) bond motifs is 1. The molecule has 6 heteroatoms. The number of aryl methyl sites for hydroxylation is 2. The molecule has 0 saturated heterocycles. The molecule has 0 radical (unpaired) electrons. The van der Waals surface area contributed by atoms with Crippen LogP contribution in [0, 0.1) is 31.0 Å². The highest BCUT2D eigenvalue weighted by Gasteiger charge is 2.32. The van der Waals surface area contributed by atoms with Crippen molar-refractivity contribution in [3.63, 3.8) is 0 Å². The zero-order chi connectivity index (χ0) is 16.8. The van der Waals surface area contributed by atoms with Gasteiger partial charge in [-0.25, -0.2) is 12.8 Å². The van der Waals surface area contributed by atoms with E-state index in [1.807, 2.05) is 32.0 Å². The number of nitriles is 1. The summed E-state index contributed by atoms with van der Waals surface area (Å²) in [6.07, 6.45) is 1.24. The highest BCUT2D eigenvalue weighted by Crippen LogP contribution is 2.40. The number of nitrogens with zero attached hydrogens (tertiary/aromatic N) is 2. The van der Waals surface area contributed by atoms with Crippen molar-refractivity contribution in [1.82, 2.24) is 0 Å². The molecular formula is C17H13FN2O2S. The molecule has 0 saturated carbocycles. The van der Waals surface area contributed by atoms with E-state index in [9.17, 15) is 18.1 Å². The molecular weight excluding hydrogens is 315 g/mol. The summed E-state index contributed by atoms with van der Waals surface area (Å²) in [5.41, 5.74) is 2.86. The average Bonchev–Trinajstić information content (AvgIpc) is 2.48. The van der Waals surface area contributed by atoms with Gasteiger partial charge in [-0.15, -0.1) is 0 Å². The van der Waals surface area contributed by atoms with E-state index in [4.69, 9.17) is 0 Å². The maximum Gasteiger partial charge on any atom is 0.220 e. The number of hydrogen-bond acceptors (Lipinski definition) is 4. The standard InChI is InChI=1S/C17H13FN2O2S/c1-11-3-5-15(12(2)7-11)20-10-14(9-19)23(21,22)17-6-4-13(18)8-16(17)20/h3-8,10H,1-2H3. The molecule has 3 rings (SSSR count). The fourth-order valence-electron chi connectivity index (χ4n) is 2.64. The van der Waals surface area contributed by atoms with Crippen LogP contribution in [0.4, 0.5) is 15.8 Å². The Labute approximate surface area is 134 Å². The number of hydrogen-bond donors (Lipinski definition) is 0. The van der Waals surface area contributed by atoms with E-state index in [0.29, 0.717) is 5.69 Å². The van der Waals surface area contributed by atoms with Gasteiger partial charge in [0.25, 0.3) is 0 Å². The molecule has 0 spiro atoms. The van der Waals surface area contributed by atoms with E-state index < -0.39 is 15.7 Å². The summed E-state index contributed by atoms with van der Waals surface area (Å²) >= 11 is 0. The second-order valence-corrected chi connectivity index (χ2v) is 7.27. The zero-order valence-corrected chi connectivity index (χ0v) is 13.4. The quantitative estimate of drug-likeness (QED) is 0.748. The Morgan fingerprint density at radius 3 is 2.48 bits per heavy atom. The Balaban J connectivity index is 2.33. The maximum absolute atomic E-state index is 13.7. The lowest BCUT2D eigenvalue weighted by Gasteiger charge is -2.28. The summed E-state index contributed by atoms with van der Waals surface area (Å²) < 4.78 is 38.5. The molecule has 116 valence electrons. The van der Waals surface area contributed by atoms with Crippen LogP contribution in [0.2, 0.25) is 0 Å². The third-order valence-electron chi connectivity index (χ3n) is 3.73. The van der Waals surface area contributed by atoms with Crippen LogP contribution >= 0.6 is 0 Å². The summed E-state index contributed by atoms with van der Waals surface area (Å²) in [6, 6.07) is 10.8. The summed E-state index contributed by atoms with van der Waals surface area (Å²) in [5, 5.41) is 9.19. The molecule has 0 aromatic heterocycles. The number of rotatable bonds is 1. The highest BCUT2D eigenvalue weighted by molar-refractivity contribution is 7.95. The summed E-state index contributed by atoms with van der Waals surface area (Å²) in [7, 11) is -3.92. The Bertz CT molecular complexity index is 988. The fraction of sp³-hybridized carbons (Fsp3) is 0.118. The van der Waals surface area contributed by atoms with Crippen molar-refractivity contribution in [3.8, 4) is 6.07 Å². The SMILES string of the molecule is Cc1ccc(N2C=C(C#N)S(=O)(=O)c3ccc(F)cc32)c(C)c1. The van der Waals surface area contributed by atoms with Crippen LogP contribution in [0.15, 0.2) is 52.4 Å². The molecule has 0 amide bonds. The molecule has 0 bridgehead atoms. The van der Waals surface area contributed by atoms with Gasteiger partial charge < -0.3 is 4.90 Å². The minimum Gasteiger partial charge on any atom is -0.313 e. The molecule has 2 aromatic carbocycles. The molecule has 0 atom stereocenters. The van der Waals surface area contributed by atoms with Crippen LogP contribution in [-0.2, 0) is 9.84 Å². The number of anilines is 2. The molecule has 0 fully saturated rings. The van der Waals surface area contributed by atoms with Crippen molar-refractivity contribution in [3.05, 3.63) is 64.4 Å². The zero-order valence-electron chi connectivity index (χ0n) is 12.5. The predicted molar refractivity (Wildman–Crippen MR) is 85.3 cm³/mol. The van der Waals surface area contributed by atoms with Crippen LogP contribution < -0.4 is 4.90 Å². The normalized spacial score (nSPS) is 15.6. The third-order valence-corrected chi connectivity index (χ3v) is 5.43. The third kappa shape index (κ3) is 2.39. The first kappa shape index (κ1) is 15.3. The first-order chi connectivity index (χ1) is 10.8. The molecule has 0 unspecified atom stereocenters. The Morgan fingerprint density at radius 1 is 1.09 bits per heavy atom. The van der Waals surface area contributed by atoms with Gasteiger partial charge >= 0.3 is 0 Å². The first-order valence-corrected chi connectivity index (χ1v) is 8.36. The van der Waals surface area contributed by atoms with Gasteiger partial charge in [-0.1, -0.05) is 17.7 Å². The van der Waals surface area contributed by atoms with Gasteiger partial charge in [0.05, 0.1) is 10.6 Å². The molecule has 2 aromatic rings. The van der Waals surface area contributed by atoms with Crippen molar-refractivity contribution >= 4 is 21.2 Å². The van der Waals surface area contributed by atoms with Crippen LogP contribution in [0.5, 0.6) is 0 Å². The Kier molecular flexibility index (Phi) is 3.46. The Hall–Kier alpha value is -2.65. The number of allylic oxidation sites excluding steroid dienone is 1. The van der Waals surface area contributed by atoms with E-state index in [1.54, 1.807) is 11.0 Å². The smallest absolute Gasteiger partial charge is 0.220 e. The topological polar surface area (TPSA) is 61.2 Å². The van der Waals surface area contributed by atoms with Gasteiger partial charge in [0.1, 0.15) is 11.9 Å². The molecule has 23 heavy (non-hydrogen) atoms. The largest absolute Gasteiger partial charge is 0.313 e. The van der Waals surface area contributed by atoms with Gasteiger partial charge in [0, 0.05) is 11.9 Å². The van der Waals surface area contributed by atoms with Gasteiger partial charge in [-0.3, -0.25) is 0 Å². The van der Waals surface area contributed by atoms with E-state index in [1.165, 1.54) is 12.3 Å². The predicted octanol–water partition coefficient (Wildman–Crippen LogP) is 3.73. The minimum atomic E-state index is -3.92. The van der Waals surface area contributed by atoms with Crippen LogP contribution in [0.1, 0.15) is 11.1 Å². The number of sulfone groups is 1. The van der Waals surface area contributed by atoms with E-state index in [-0.39, 0.29) is 15.5 Å². The Morgan fingerprint density at radius 2 is 1.83 bits per heavy atom. The highest BCUT2D eigenvalue weighted by atomic mass is 32.2. The molecule has 0 N–H and O–H groups in total. The fourth-order valence-corrected chi connectivity index (χ4v) is 3.93. The summed E-state index contributed by atoms with van der Waals surface area (Å²) in [6.45, 7) is 3.83. The summed E-state index contributed by atoms with van der Waals surface area (Å²) in [4.78, 5) is 1.11. The number of halogens is 1. The lowest BCUT2D eigenvalue weighted by molar-refractivity contribution is 0.600. The van der Waals surface area contributed by atoms with Gasteiger partial charge in [-0.2, -0.15) is 5.26 Å². The van der Waals surface area contributed by atoms with Gasteiger partial charge in [0.15, 0.2) is 4.91 Å². The number of benzene rings is 2. The molecule has 4 nitrogen and oxygen atoms in total. The van der Waals surface area contributed by atoms with Crippen molar-refractivity contribution in [2.75, 3.05) is 4.90 Å². The molecule has 1 aliphatic heterocycles. The lowest BCUT2D eigenvalue weighted by atomic mass is 10.1. The second kappa shape index (κ2) is 5.21. The van der Waals surface area contributed by atoms with Gasteiger partial charge in [0.2, 0.25) is 9.84 Å². The first-order valence-electron chi connectivity index (χ1n) is 6.87. The minimum absolute atomic E-state index is 0.0714.